The SMILES string of the molecule is O=S(=O)(Nc1cccc([C@@H](O)CNCCOc2ccc3c(C4CC4)[nH]nc3c2)c1)c1ccccc1F. The second-order valence-corrected chi connectivity index (χ2v) is 10.5. The number of benzene rings is 3. The number of H-pyrrole nitrogens is 1. The average Bonchev–Trinajstić information content (AvgIpc) is 3.62. The predicted octanol–water partition coefficient (Wildman–Crippen LogP) is 4.08. The summed E-state index contributed by atoms with van der Waals surface area (Å²) >= 11 is 0. The fraction of sp³-hybridized carbons (Fsp3) is 0.269. The maximum absolute atomic E-state index is 13.9. The van der Waals surface area contributed by atoms with Gasteiger partial charge in [0.1, 0.15) is 23.1 Å². The largest absolute Gasteiger partial charge is 0.492 e. The number of aliphatic hydroxyl groups is 1. The molecule has 0 aliphatic heterocycles. The van der Waals surface area contributed by atoms with Crippen LogP contribution in [0.1, 0.15) is 36.1 Å². The second kappa shape index (κ2) is 10.3. The normalized spacial score (nSPS) is 14.6. The highest BCUT2D eigenvalue weighted by Gasteiger charge is 2.27. The van der Waals surface area contributed by atoms with Gasteiger partial charge in [-0.25, -0.2) is 12.8 Å². The van der Waals surface area contributed by atoms with Crippen LogP contribution < -0.4 is 14.8 Å². The number of sulfonamides is 1. The Balaban J connectivity index is 1.11. The molecule has 3 aromatic carbocycles. The molecule has 188 valence electrons. The van der Waals surface area contributed by atoms with Gasteiger partial charge in [-0.2, -0.15) is 5.10 Å². The van der Waals surface area contributed by atoms with Gasteiger partial charge in [0.05, 0.1) is 11.6 Å². The minimum absolute atomic E-state index is 0.233. The van der Waals surface area contributed by atoms with Crippen LogP contribution in [0.3, 0.4) is 0 Å². The summed E-state index contributed by atoms with van der Waals surface area (Å²) in [6, 6.07) is 17.4. The monoisotopic (exact) mass is 510 g/mol. The lowest BCUT2D eigenvalue weighted by Crippen LogP contribution is -2.26. The first kappa shape index (κ1) is 24.2. The number of rotatable bonds is 11. The molecule has 0 unspecified atom stereocenters. The van der Waals surface area contributed by atoms with Crippen molar-refractivity contribution in [1.82, 2.24) is 15.5 Å². The highest BCUT2D eigenvalue weighted by atomic mass is 32.2. The van der Waals surface area contributed by atoms with Gasteiger partial charge in [-0.3, -0.25) is 9.82 Å². The highest BCUT2D eigenvalue weighted by Crippen LogP contribution is 2.42. The van der Waals surface area contributed by atoms with Crippen molar-refractivity contribution in [2.24, 2.45) is 0 Å². The molecule has 8 nitrogen and oxygen atoms in total. The number of fused-ring (bicyclic) bond motifs is 1. The van der Waals surface area contributed by atoms with Crippen molar-refractivity contribution in [3.05, 3.63) is 83.8 Å². The third-order valence-corrected chi connectivity index (χ3v) is 7.49. The summed E-state index contributed by atoms with van der Waals surface area (Å²) in [5, 5.41) is 22.3. The van der Waals surface area contributed by atoms with Gasteiger partial charge < -0.3 is 15.2 Å². The summed E-state index contributed by atoms with van der Waals surface area (Å²) in [4.78, 5) is -0.438. The molecule has 1 atom stereocenters. The molecule has 1 aliphatic carbocycles. The van der Waals surface area contributed by atoms with E-state index in [1.807, 2.05) is 18.2 Å². The standard InChI is InChI=1S/C26H27FN4O4S/c27-22-6-1-2-7-25(22)36(33,34)31-19-5-3-4-18(14-19)24(32)16-28-12-13-35-20-10-11-21-23(15-20)29-30-26(21)17-8-9-17/h1-7,10-11,14-15,17,24,28,31-32H,8-9,12-13,16H2,(H,29,30)/t24-/m0/s1. The molecule has 0 spiro atoms. The molecule has 1 heterocycles. The summed E-state index contributed by atoms with van der Waals surface area (Å²) in [7, 11) is -4.10. The topological polar surface area (TPSA) is 116 Å². The lowest BCUT2D eigenvalue weighted by Gasteiger charge is -2.15. The first-order chi connectivity index (χ1) is 17.4. The lowest BCUT2D eigenvalue weighted by atomic mass is 10.1. The van der Waals surface area contributed by atoms with Crippen LogP contribution >= 0.6 is 0 Å². The Kier molecular flexibility index (Phi) is 6.90. The van der Waals surface area contributed by atoms with Gasteiger partial charge in [-0.15, -0.1) is 0 Å². The van der Waals surface area contributed by atoms with Gasteiger partial charge in [0.15, 0.2) is 0 Å². The molecule has 0 radical (unpaired) electrons. The van der Waals surface area contributed by atoms with Crippen molar-refractivity contribution in [1.29, 1.82) is 0 Å². The number of ether oxygens (including phenoxy) is 1. The first-order valence-corrected chi connectivity index (χ1v) is 13.3. The number of nitrogens with zero attached hydrogens (tertiary/aromatic N) is 1. The van der Waals surface area contributed by atoms with Crippen LogP contribution in [0.2, 0.25) is 0 Å². The van der Waals surface area contributed by atoms with Crippen molar-refractivity contribution in [3.8, 4) is 5.75 Å². The number of aliphatic hydroxyl groups excluding tert-OH is 1. The van der Waals surface area contributed by atoms with Crippen molar-refractivity contribution >= 4 is 26.6 Å². The Morgan fingerprint density at radius 3 is 2.75 bits per heavy atom. The third kappa shape index (κ3) is 5.51. The van der Waals surface area contributed by atoms with Crippen LogP contribution in [0, 0.1) is 5.82 Å². The fourth-order valence-corrected chi connectivity index (χ4v) is 5.19. The smallest absolute Gasteiger partial charge is 0.264 e. The molecule has 1 saturated carbocycles. The molecule has 36 heavy (non-hydrogen) atoms. The number of hydrogen-bond donors (Lipinski definition) is 4. The predicted molar refractivity (Wildman–Crippen MR) is 135 cm³/mol. The fourth-order valence-electron chi connectivity index (χ4n) is 4.07. The Bertz CT molecular complexity index is 1470. The molecule has 4 N–H and O–H groups in total. The number of anilines is 1. The number of nitrogens with one attached hydrogen (secondary N) is 3. The van der Waals surface area contributed by atoms with Crippen molar-refractivity contribution in [2.75, 3.05) is 24.4 Å². The molecule has 0 saturated heterocycles. The zero-order chi connectivity index (χ0) is 25.1. The van der Waals surface area contributed by atoms with E-state index >= 15 is 0 Å². The lowest BCUT2D eigenvalue weighted by molar-refractivity contribution is 0.172. The molecule has 5 rings (SSSR count). The Hall–Kier alpha value is -3.47. The summed E-state index contributed by atoms with van der Waals surface area (Å²) in [5.41, 5.74) is 2.85. The Morgan fingerprint density at radius 1 is 1.11 bits per heavy atom. The van der Waals surface area contributed by atoms with E-state index in [0.717, 1.165) is 22.7 Å². The van der Waals surface area contributed by atoms with Crippen LogP contribution in [-0.4, -0.2) is 43.4 Å². The van der Waals surface area contributed by atoms with E-state index in [2.05, 4.69) is 20.2 Å². The highest BCUT2D eigenvalue weighted by molar-refractivity contribution is 7.92. The molecular weight excluding hydrogens is 483 g/mol. The zero-order valence-electron chi connectivity index (χ0n) is 19.4. The minimum atomic E-state index is -4.10. The third-order valence-electron chi connectivity index (χ3n) is 6.08. The minimum Gasteiger partial charge on any atom is -0.492 e. The molecule has 1 aromatic heterocycles. The van der Waals surface area contributed by atoms with Crippen LogP contribution in [0.15, 0.2) is 71.6 Å². The Morgan fingerprint density at radius 2 is 1.94 bits per heavy atom. The van der Waals surface area contributed by atoms with Gasteiger partial charge in [0, 0.05) is 41.8 Å². The molecule has 1 fully saturated rings. The summed E-state index contributed by atoms with van der Waals surface area (Å²) in [6.07, 6.45) is 1.55. The molecule has 10 heteroatoms. The summed E-state index contributed by atoms with van der Waals surface area (Å²) in [6.45, 7) is 1.15. The van der Waals surface area contributed by atoms with Crippen LogP contribution in [0.4, 0.5) is 10.1 Å². The first-order valence-electron chi connectivity index (χ1n) is 11.8. The zero-order valence-corrected chi connectivity index (χ0v) is 20.3. The molecule has 0 amide bonds. The number of halogens is 1. The quantitative estimate of drug-likeness (QED) is 0.226. The summed E-state index contributed by atoms with van der Waals surface area (Å²) in [5.74, 6) is 0.499. The van der Waals surface area contributed by atoms with Crippen LogP contribution in [0.5, 0.6) is 5.75 Å². The van der Waals surface area contributed by atoms with Crippen molar-refractivity contribution in [3.63, 3.8) is 0 Å². The summed E-state index contributed by atoms with van der Waals surface area (Å²) < 4.78 is 47.1. The maximum atomic E-state index is 13.9. The van der Waals surface area contributed by atoms with Crippen LogP contribution in [-0.2, 0) is 10.0 Å². The average molecular weight is 511 g/mol. The van der Waals surface area contributed by atoms with Gasteiger partial charge >= 0.3 is 0 Å². The van der Waals surface area contributed by atoms with E-state index < -0.39 is 26.8 Å². The van der Waals surface area contributed by atoms with E-state index in [4.69, 9.17) is 4.74 Å². The van der Waals surface area contributed by atoms with Crippen molar-refractivity contribution in [2.45, 2.75) is 29.8 Å². The molecule has 1 aliphatic rings. The van der Waals surface area contributed by atoms with E-state index in [0.29, 0.717) is 24.6 Å². The maximum Gasteiger partial charge on any atom is 0.264 e. The van der Waals surface area contributed by atoms with Gasteiger partial charge in [0.25, 0.3) is 10.0 Å². The van der Waals surface area contributed by atoms with Gasteiger partial charge in [-0.05, 0) is 54.8 Å². The number of aromatic nitrogens is 2. The van der Waals surface area contributed by atoms with Crippen LogP contribution in [0.25, 0.3) is 10.9 Å². The van der Waals surface area contributed by atoms with Crippen molar-refractivity contribution < 1.29 is 22.7 Å². The van der Waals surface area contributed by atoms with Gasteiger partial charge in [-0.1, -0.05) is 24.3 Å². The number of hydrogen-bond acceptors (Lipinski definition) is 6. The van der Waals surface area contributed by atoms with E-state index in [1.54, 1.807) is 18.2 Å². The second-order valence-electron chi connectivity index (χ2n) is 8.82. The molecule has 4 aromatic rings. The Labute approximate surface area is 208 Å². The molecular formula is C26H27FN4O4S. The number of aromatic amines is 1. The van der Waals surface area contributed by atoms with Gasteiger partial charge in [0.2, 0.25) is 0 Å². The van der Waals surface area contributed by atoms with E-state index in [1.165, 1.54) is 42.8 Å². The van der Waals surface area contributed by atoms with E-state index in [-0.39, 0.29) is 12.2 Å². The van der Waals surface area contributed by atoms with E-state index in [9.17, 15) is 17.9 Å². The molecule has 0 bridgehead atoms.